The molecule has 2 fully saturated rings. The summed E-state index contributed by atoms with van der Waals surface area (Å²) in [5, 5.41) is 6.13. The number of carbonyl (C=O) groups is 2. The molecule has 6 heterocycles. The number of nitrogens with zero attached hydrogens (tertiary/aromatic N) is 10. The molecule has 4 aromatic carbocycles. The molecule has 428 valence electrons. The van der Waals surface area contributed by atoms with Gasteiger partial charge in [-0.2, -0.15) is 0 Å². The number of nitrogen functional groups attached to an aromatic ring is 1. The van der Waals surface area contributed by atoms with E-state index in [1.54, 1.807) is 49.3 Å². The number of nitrogens with one attached hydrogen (secondary N) is 2. The molecular formula is C59H65ClI6N13O2-. The van der Waals surface area contributed by atoms with Crippen LogP contribution < -0.4 is 29.6 Å². The third kappa shape index (κ3) is 23.5. The molecule has 0 radical (unpaired) electrons. The molecule has 0 amide bonds. The van der Waals surface area contributed by atoms with E-state index in [2.05, 4.69) is 161 Å². The first-order valence-electron chi connectivity index (χ1n) is 25.5. The van der Waals surface area contributed by atoms with Crippen molar-refractivity contribution in [2.75, 3.05) is 82.8 Å². The molecule has 0 spiro atoms. The van der Waals surface area contributed by atoms with E-state index in [0.717, 1.165) is 122 Å². The van der Waals surface area contributed by atoms with Crippen LogP contribution in [-0.4, -0.2) is 127 Å². The van der Waals surface area contributed by atoms with Crippen LogP contribution in [0.5, 0.6) is 0 Å². The first kappa shape index (κ1) is 68.4. The Labute approximate surface area is 551 Å². The summed E-state index contributed by atoms with van der Waals surface area (Å²) in [6.07, 6.45) is 10.8. The summed E-state index contributed by atoms with van der Waals surface area (Å²) in [5.74, 6) is 1.14. The fourth-order valence-corrected chi connectivity index (χ4v) is 8.60. The first-order chi connectivity index (χ1) is 38.8. The van der Waals surface area contributed by atoms with Gasteiger partial charge in [0.1, 0.15) is 0 Å². The molecule has 15 nitrogen and oxygen atoms in total. The second kappa shape index (κ2) is 37.1. The van der Waals surface area contributed by atoms with E-state index in [-0.39, 0.29) is 29.8 Å². The third-order valence-electron chi connectivity index (χ3n) is 13.1. The van der Waals surface area contributed by atoms with E-state index < -0.39 is 5.24 Å². The van der Waals surface area contributed by atoms with Crippen molar-refractivity contribution in [3.05, 3.63) is 197 Å². The number of nitrogens with two attached hydrogens (primary N) is 1. The topological polar surface area (TPSA) is 175 Å². The van der Waals surface area contributed by atoms with Gasteiger partial charge in [0.15, 0.2) is 5.78 Å². The van der Waals surface area contributed by atoms with Crippen molar-refractivity contribution < 1.29 is 22.8 Å². The number of pyridine rings is 2. The third-order valence-corrected chi connectivity index (χ3v) is 13.3. The van der Waals surface area contributed by atoms with Gasteiger partial charge in [-0.1, -0.05) is 54.6 Å². The average molecular weight is 1790 g/mol. The van der Waals surface area contributed by atoms with E-state index in [1.807, 2.05) is 111 Å². The molecule has 4 N–H and O–H groups in total. The average Bonchev–Trinajstić information content (AvgIpc) is 3.48. The standard InChI is InChI=1S/C30H32N6O.C16H15N5.C13H17ClN2O.I3.I2.HI/c1-22-5-6-24(18-28(22)34-30-32-13-11-27(33-30)26-4-3-12-31-20-26)19-29(37)25-9-7-23(8-10-25)21-36-16-14-35(2)15-17-36;1-11-4-5-13(17)9-15(11)21-16-19-8-6-14(20-16)12-3-2-7-18-10-12;1-15-6-8-16(9-7-15)10-11-2-4-12(5-3-11)13(14)17;1-3-2;1-2;/h3-13,18,20H,14-17,19,21H2,1-2H3,(H,32,33,34);2-10H,17H2,1H3,(H,19,20,21);2-5H,6-10H2,1H3;;;1H/q;;;-1;;. The van der Waals surface area contributed by atoms with Crippen molar-refractivity contribution in [3.8, 4) is 22.5 Å². The van der Waals surface area contributed by atoms with Crippen molar-refractivity contribution >= 4 is 150 Å². The van der Waals surface area contributed by atoms with Gasteiger partial charge >= 0.3 is 50.5 Å². The number of aryl methyl sites for hydroxylation is 2. The number of likely N-dealkylation sites (N-methyl/N-ethyl adjacent to an activating group) is 2. The summed E-state index contributed by atoms with van der Waals surface area (Å²) in [7, 11) is 4.32. The summed E-state index contributed by atoms with van der Waals surface area (Å²) >= 11 is 14.9. The Bertz CT molecular complexity index is 3160. The molecule has 0 unspecified atom stereocenters. The van der Waals surface area contributed by atoms with Gasteiger partial charge in [-0.05, 0) is 134 Å². The van der Waals surface area contributed by atoms with Crippen LogP contribution in [0, 0.1) is 13.8 Å². The number of benzene rings is 4. The number of ketones is 1. The molecule has 2 saturated heterocycles. The maximum atomic E-state index is 13.0. The van der Waals surface area contributed by atoms with Crippen LogP contribution in [0.2, 0.25) is 0 Å². The predicted octanol–water partition coefficient (Wildman–Crippen LogP) is 10.9. The van der Waals surface area contributed by atoms with Gasteiger partial charge < -0.3 is 26.2 Å². The molecule has 22 heteroatoms. The second-order valence-electron chi connectivity index (χ2n) is 19.0. The van der Waals surface area contributed by atoms with Crippen molar-refractivity contribution in [3.63, 3.8) is 0 Å². The number of piperazine rings is 2. The van der Waals surface area contributed by atoms with Gasteiger partial charge in [-0.3, -0.25) is 29.4 Å². The van der Waals surface area contributed by atoms with Gasteiger partial charge in [0.25, 0.3) is 5.24 Å². The van der Waals surface area contributed by atoms with Gasteiger partial charge in [0, 0.05) is 186 Å². The Morgan fingerprint density at radius 3 is 1.43 bits per heavy atom. The molecule has 81 heavy (non-hydrogen) atoms. The predicted molar refractivity (Wildman–Crippen MR) is 372 cm³/mol. The number of rotatable bonds is 14. The van der Waals surface area contributed by atoms with E-state index in [9.17, 15) is 9.59 Å². The van der Waals surface area contributed by atoms with Crippen LogP contribution >= 0.6 is 110 Å². The summed E-state index contributed by atoms with van der Waals surface area (Å²) < 4.78 is 0. The zero-order chi connectivity index (χ0) is 57.2. The monoisotopic (exact) mass is 1780 g/mol. The second-order valence-corrected chi connectivity index (χ2v) is 35.6. The Balaban J connectivity index is 0.000000232. The summed E-state index contributed by atoms with van der Waals surface area (Å²) in [6, 6.07) is 38.8. The molecule has 2 aliphatic heterocycles. The number of aromatic nitrogens is 6. The Kier molecular flexibility index (Phi) is 31.3. The van der Waals surface area contributed by atoms with Crippen LogP contribution in [-0.2, 0) is 19.5 Å². The molecule has 10 rings (SSSR count). The Morgan fingerprint density at radius 2 is 1.00 bits per heavy atom. The van der Waals surface area contributed by atoms with E-state index in [0.29, 0.717) is 42.8 Å². The zero-order valence-corrected chi connectivity index (χ0v) is 59.2. The number of anilines is 5. The van der Waals surface area contributed by atoms with E-state index in [4.69, 9.17) is 17.3 Å². The van der Waals surface area contributed by atoms with Gasteiger partial charge in [0.05, 0.1) is 11.4 Å². The van der Waals surface area contributed by atoms with Crippen molar-refractivity contribution in [2.24, 2.45) is 0 Å². The van der Waals surface area contributed by atoms with Gasteiger partial charge in [-0.25, -0.2) is 19.9 Å². The van der Waals surface area contributed by atoms with Crippen molar-refractivity contribution in [1.82, 2.24) is 49.5 Å². The molecule has 0 aliphatic carbocycles. The van der Waals surface area contributed by atoms with E-state index >= 15 is 0 Å². The fourth-order valence-electron chi connectivity index (χ4n) is 8.47. The normalized spacial score (nSPS) is 13.4. The molecule has 4 aromatic heterocycles. The van der Waals surface area contributed by atoms with Crippen LogP contribution in [0.3, 0.4) is 0 Å². The Hall–Kier alpha value is -3.41. The Morgan fingerprint density at radius 1 is 0.580 bits per heavy atom. The maximum absolute atomic E-state index is 13.0. The minimum absolute atomic E-state index is 0. The van der Waals surface area contributed by atoms with Crippen molar-refractivity contribution in [2.45, 2.75) is 33.4 Å². The number of halogens is 7. The minimum atomic E-state index is -0.392. The van der Waals surface area contributed by atoms with Crippen LogP contribution in [0.25, 0.3) is 22.5 Å². The number of hydrogen-bond acceptors (Lipinski definition) is 15. The van der Waals surface area contributed by atoms with Gasteiger partial charge in [-0.15, -0.1) is 24.0 Å². The zero-order valence-electron chi connectivity index (χ0n) is 45.3. The van der Waals surface area contributed by atoms with E-state index in [1.165, 1.54) is 11.1 Å². The molecular weight excluding hydrogens is 1720 g/mol. The van der Waals surface area contributed by atoms with Crippen LogP contribution in [0.15, 0.2) is 159 Å². The van der Waals surface area contributed by atoms with Crippen molar-refractivity contribution in [1.29, 1.82) is 0 Å². The number of hydrogen-bond donors (Lipinski definition) is 3. The number of Topliss-reactive ketones (excluding diaryl/α,β-unsaturated/α-hetero) is 1. The summed E-state index contributed by atoms with van der Waals surface area (Å²) in [4.78, 5) is 59.6. The molecule has 0 saturated carbocycles. The number of carbonyl (C=O) groups excluding carboxylic acids is 2. The molecule has 0 atom stereocenters. The quantitative estimate of drug-likeness (QED) is 0.0406. The summed E-state index contributed by atoms with van der Waals surface area (Å²) in [5.41, 5.74) is 18.7. The van der Waals surface area contributed by atoms with Gasteiger partial charge in [0.2, 0.25) is 11.9 Å². The van der Waals surface area contributed by atoms with Crippen LogP contribution in [0.4, 0.5) is 29.0 Å². The first-order valence-corrected chi connectivity index (χ1v) is 44.8. The van der Waals surface area contributed by atoms with Crippen LogP contribution in [0.1, 0.15) is 48.5 Å². The molecule has 8 aromatic rings. The fraction of sp³-hybridized carbons (Fsp3) is 0.254. The summed E-state index contributed by atoms with van der Waals surface area (Å²) in [6.45, 7) is 14.7. The molecule has 0 bridgehead atoms. The molecule has 2 aliphatic rings. The SMILES string of the molecule is CN1CCN(Cc2ccc(C(=O)Cl)cc2)CC1.Cc1ccc(CC(=O)c2ccc(CN3CCN(C)CC3)cc2)cc1Nc1nccc(-c2cccnc2)n1.Cc1ccc(N)cc1Nc1nccc(-c2cccnc2)n1.I.II.I[I-]I.